The Morgan fingerprint density at radius 3 is 2.79 bits per heavy atom. The van der Waals surface area contributed by atoms with Crippen molar-refractivity contribution >= 4 is 0 Å². The number of hydrogen-bond donors (Lipinski definition) is 1. The summed E-state index contributed by atoms with van der Waals surface area (Å²) in [5.74, 6) is 0.519. The molecule has 2 nitrogen and oxygen atoms in total. The SMILES string of the molecule is CNC(C)COc1ccc(F)c(C)c1. The first-order valence-electron chi connectivity index (χ1n) is 4.69. The van der Waals surface area contributed by atoms with Crippen LogP contribution in [0.15, 0.2) is 18.2 Å². The van der Waals surface area contributed by atoms with Gasteiger partial charge in [-0.1, -0.05) is 0 Å². The first kappa shape index (κ1) is 11.0. The summed E-state index contributed by atoms with van der Waals surface area (Å²) in [5, 5.41) is 3.06. The Bertz CT molecular complexity index is 301. The molecule has 1 atom stereocenters. The van der Waals surface area contributed by atoms with Crippen LogP contribution in [-0.2, 0) is 0 Å². The molecule has 0 amide bonds. The first-order chi connectivity index (χ1) is 6.63. The van der Waals surface area contributed by atoms with Crippen LogP contribution in [0.25, 0.3) is 0 Å². The molecule has 0 fully saturated rings. The molecule has 1 unspecified atom stereocenters. The molecule has 78 valence electrons. The molecule has 0 aliphatic heterocycles. The summed E-state index contributed by atoms with van der Waals surface area (Å²) in [5.41, 5.74) is 0.611. The monoisotopic (exact) mass is 197 g/mol. The van der Waals surface area contributed by atoms with Crippen LogP contribution < -0.4 is 10.1 Å². The van der Waals surface area contributed by atoms with Gasteiger partial charge in [0.2, 0.25) is 0 Å². The van der Waals surface area contributed by atoms with Crippen molar-refractivity contribution in [3.05, 3.63) is 29.6 Å². The van der Waals surface area contributed by atoms with Crippen molar-refractivity contribution < 1.29 is 9.13 Å². The Balaban J connectivity index is 2.55. The van der Waals surface area contributed by atoms with E-state index in [-0.39, 0.29) is 5.82 Å². The molecule has 1 N–H and O–H groups in total. The molecular formula is C11H16FNO. The minimum atomic E-state index is -0.195. The minimum Gasteiger partial charge on any atom is -0.492 e. The number of nitrogens with one attached hydrogen (secondary N) is 1. The molecule has 0 aliphatic rings. The smallest absolute Gasteiger partial charge is 0.126 e. The summed E-state index contributed by atoms with van der Waals surface area (Å²) in [4.78, 5) is 0. The highest BCUT2D eigenvalue weighted by Gasteiger charge is 2.02. The van der Waals surface area contributed by atoms with Crippen molar-refractivity contribution in [1.82, 2.24) is 5.32 Å². The highest BCUT2D eigenvalue weighted by Crippen LogP contribution is 2.15. The van der Waals surface area contributed by atoms with E-state index in [1.54, 1.807) is 19.1 Å². The van der Waals surface area contributed by atoms with Crippen molar-refractivity contribution in [2.24, 2.45) is 0 Å². The predicted octanol–water partition coefficient (Wildman–Crippen LogP) is 2.12. The summed E-state index contributed by atoms with van der Waals surface area (Å²) in [6, 6.07) is 5.07. The summed E-state index contributed by atoms with van der Waals surface area (Å²) in [6.45, 7) is 4.33. The quantitative estimate of drug-likeness (QED) is 0.798. The second-order valence-corrected chi connectivity index (χ2v) is 3.41. The maximum atomic E-state index is 12.9. The van der Waals surface area contributed by atoms with Gasteiger partial charge in [-0.25, -0.2) is 4.39 Å². The fourth-order valence-corrected chi connectivity index (χ4v) is 1.01. The first-order valence-corrected chi connectivity index (χ1v) is 4.69. The van der Waals surface area contributed by atoms with Crippen LogP contribution in [0.2, 0.25) is 0 Å². The Hall–Kier alpha value is -1.09. The highest BCUT2D eigenvalue weighted by molar-refractivity contribution is 5.28. The van der Waals surface area contributed by atoms with E-state index in [9.17, 15) is 4.39 Å². The van der Waals surface area contributed by atoms with E-state index >= 15 is 0 Å². The molecule has 0 heterocycles. The van der Waals surface area contributed by atoms with Gasteiger partial charge in [-0.05, 0) is 44.7 Å². The fourth-order valence-electron chi connectivity index (χ4n) is 1.01. The molecule has 0 aromatic heterocycles. The molecule has 0 bridgehead atoms. The Labute approximate surface area is 84.1 Å². The van der Waals surface area contributed by atoms with Crippen molar-refractivity contribution in [2.75, 3.05) is 13.7 Å². The van der Waals surface area contributed by atoms with Gasteiger partial charge in [0.1, 0.15) is 18.2 Å². The molecule has 1 aromatic rings. The largest absolute Gasteiger partial charge is 0.492 e. The molecule has 1 aromatic carbocycles. The molecular weight excluding hydrogens is 181 g/mol. The van der Waals surface area contributed by atoms with Gasteiger partial charge in [0.05, 0.1) is 0 Å². The lowest BCUT2D eigenvalue weighted by atomic mass is 10.2. The summed E-state index contributed by atoms with van der Waals surface area (Å²) in [7, 11) is 1.88. The van der Waals surface area contributed by atoms with Gasteiger partial charge in [-0.2, -0.15) is 0 Å². The lowest BCUT2D eigenvalue weighted by Crippen LogP contribution is -2.28. The zero-order chi connectivity index (χ0) is 10.6. The number of hydrogen-bond acceptors (Lipinski definition) is 2. The zero-order valence-corrected chi connectivity index (χ0v) is 8.80. The van der Waals surface area contributed by atoms with Crippen molar-refractivity contribution in [2.45, 2.75) is 19.9 Å². The molecule has 0 radical (unpaired) electrons. The maximum Gasteiger partial charge on any atom is 0.126 e. The van der Waals surface area contributed by atoms with Gasteiger partial charge in [0.15, 0.2) is 0 Å². The van der Waals surface area contributed by atoms with E-state index in [1.165, 1.54) is 6.07 Å². The topological polar surface area (TPSA) is 21.3 Å². The number of benzene rings is 1. The Morgan fingerprint density at radius 2 is 2.21 bits per heavy atom. The van der Waals surface area contributed by atoms with Crippen LogP contribution >= 0.6 is 0 Å². The normalized spacial score (nSPS) is 12.6. The number of halogens is 1. The van der Waals surface area contributed by atoms with Crippen molar-refractivity contribution in [1.29, 1.82) is 0 Å². The molecule has 0 aliphatic carbocycles. The van der Waals surface area contributed by atoms with E-state index in [1.807, 2.05) is 14.0 Å². The molecule has 3 heteroatoms. The second kappa shape index (κ2) is 4.96. The van der Waals surface area contributed by atoms with Crippen LogP contribution in [0, 0.1) is 12.7 Å². The predicted molar refractivity (Wildman–Crippen MR) is 55.2 cm³/mol. The van der Waals surface area contributed by atoms with Crippen LogP contribution in [-0.4, -0.2) is 19.7 Å². The van der Waals surface area contributed by atoms with E-state index in [4.69, 9.17) is 4.74 Å². The van der Waals surface area contributed by atoms with Crippen LogP contribution in [0.3, 0.4) is 0 Å². The van der Waals surface area contributed by atoms with Crippen LogP contribution in [0.5, 0.6) is 5.75 Å². The zero-order valence-electron chi connectivity index (χ0n) is 8.80. The molecule has 1 rings (SSSR count). The van der Waals surface area contributed by atoms with E-state index < -0.39 is 0 Å². The van der Waals surface area contributed by atoms with Gasteiger partial charge >= 0.3 is 0 Å². The number of likely N-dealkylation sites (N-methyl/N-ethyl adjacent to an activating group) is 1. The Morgan fingerprint density at radius 1 is 1.50 bits per heavy atom. The van der Waals surface area contributed by atoms with Gasteiger partial charge in [0, 0.05) is 6.04 Å². The number of ether oxygens (including phenoxy) is 1. The van der Waals surface area contributed by atoms with E-state index in [0.717, 1.165) is 0 Å². The lowest BCUT2D eigenvalue weighted by Gasteiger charge is -2.12. The second-order valence-electron chi connectivity index (χ2n) is 3.41. The van der Waals surface area contributed by atoms with Crippen molar-refractivity contribution in [3.63, 3.8) is 0 Å². The number of aryl methyl sites for hydroxylation is 1. The van der Waals surface area contributed by atoms with Crippen LogP contribution in [0.4, 0.5) is 4.39 Å². The molecule has 0 saturated heterocycles. The van der Waals surface area contributed by atoms with Crippen molar-refractivity contribution in [3.8, 4) is 5.75 Å². The average molecular weight is 197 g/mol. The molecule has 14 heavy (non-hydrogen) atoms. The standard InChI is InChI=1S/C11H16FNO/c1-8-6-10(4-5-11(8)12)14-7-9(2)13-3/h4-6,9,13H,7H2,1-3H3. The van der Waals surface area contributed by atoms with Gasteiger partial charge < -0.3 is 10.1 Å². The minimum absolute atomic E-state index is 0.195. The summed E-state index contributed by atoms with van der Waals surface area (Å²) < 4.78 is 18.4. The summed E-state index contributed by atoms with van der Waals surface area (Å²) >= 11 is 0. The maximum absolute atomic E-state index is 12.9. The van der Waals surface area contributed by atoms with Crippen LogP contribution in [0.1, 0.15) is 12.5 Å². The van der Waals surface area contributed by atoms with E-state index in [2.05, 4.69) is 5.32 Å². The molecule has 0 spiro atoms. The third-order valence-corrected chi connectivity index (χ3v) is 2.12. The fraction of sp³-hybridized carbons (Fsp3) is 0.455. The highest BCUT2D eigenvalue weighted by atomic mass is 19.1. The lowest BCUT2D eigenvalue weighted by molar-refractivity contribution is 0.279. The third-order valence-electron chi connectivity index (χ3n) is 2.12. The van der Waals surface area contributed by atoms with E-state index in [0.29, 0.717) is 24.0 Å². The number of rotatable bonds is 4. The average Bonchev–Trinajstić information content (AvgIpc) is 2.19. The third kappa shape index (κ3) is 3.00. The summed E-state index contributed by atoms with van der Waals surface area (Å²) in [6.07, 6.45) is 0. The molecule has 0 saturated carbocycles. The van der Waals surface area contributed by atoms with Gasteiger partial charge in [-0.3, -0.25) is 0 Å². The van der Waals surface area contributed by atoms with Gasteiger partial charge in [-0.15, -0.1) is 0 Å². The Kier molecular flexibility index (Phi) is 3.89. The van der Waals surface area contributed by atoms with Gasteiger partial charge in [0.25, 0.3) is 0 Å².